The molecule has 0 bridgehead atoms. The zero-order valence-electron chi connectivity index (χ0n) is 35.6. The maximum absolute atomic E-state index is 12.7. The van der Waals surface area contributed by atoms with Crippen LogP contribution in [0.5, 0.6) is 0 Å². The molecule has 0 saturated carbocycles. The van der Waals surface area contributed by atoms with Gasteiger partial charge in [0.05, 0.1) is 0 Å². The summed E-state index contributed by atoms with van der Waals surface area (Å²) < 4.78 is 16.6. The van der Waals surface area contributed by atoms with Gasteiger partial charge in [-0.1, -0.05) is 200 Å². The van der Waals surface area contributed by atoms with Crippen molar-refractivity contribution in [3.63, 3.8) is 0 Å². The number of rotatable bonds is 42. The van der Waals surface area contributed by atoms with Gasteiger partial charge in [-0.3, -0.25) is 14.4 Å². The van der Waals surface area contributed by atoms with Crippen LogP contribution in [-0.2, 0) is 28.6 Å². The van der Waals surface area contributed by atoms with Gasteiger partial charge in [0.1, 0.15) is 13.2 Å². The Morgan fingerprint density at radius 2 is 0.623 bits per heavy atom. The molecule has 0 aliphatic heterocycles. The zero-order chi connectivity index (χ0) is 38.7. The molecular formula is C47H88O6. The van der Waals surface area contributed by atoms with Crippen molar-refractivity contribution in [3.05, 3.63) is 12.2 Å². The van der Waals surface area contributed by atoms with E-state index in [1.165, 1.54) is 148 Å². The normalized spacial score (nSPS) is 12.0. The van der Waals surface area contributed by atoms with Gasteiger partial charge in [0.25, 0.3) is 0 Å². The third-order valence-corrected chi connectivity index (χ3v) is 10.3. The number of hydrogen-bond acceptors (Lipinski definition) is 6. The van der Waals surface area contributed by atoms with Crippen LogP contribution in [0.2, 0.25) is 0 Å². The van der Waals surface area contributed by atoms with E-state index in [1.54, 1.807) is 0 Å². The molecule has 0 aromatic carbocycles. The minimum Gasteiger partial charge on any atom is -0.462 e. The van der Waals surface area contributed by atoms with Crippen molar-refractivity contribution in [2.45, 2.75) is 258 Å². The highest BCUT2D eigenvalue weighted by atomic mass is 16.6. The Bertz CT molecular complexity index is 824. The molecule has 1 unspecified atom stereocenters. The van der Waals surface area contributed by atoms with Crippen molar-refractivity contribution in [2.24, 2.45) is 0 Å². The topological polar surface area (TPSA) is 78.9 Å². The van der Waals surface area contributed by atoms with Crippen molar-refractivity contribution < 1.29 is 28.6 Å². The Morgan fingerprint density at radius 1 is 0.358 bits per heavy atom. The summed E-state index contributed by atoms with van der Waals surface area (Å²) in [5, 5.41) is 0. The third-order valence-electron chi connectivity index (χ3n) is 10.3. The SMILES string of the molecule is CCCCCC/C=C\CCCCCCCC(=O)OC(COC(=O)CCCCCCCC)COC(=O)CCCCCCCCCCCCCCCCCC. The Morgan fingerprint density at radius 3 is 0.962 bits per heavy atom. The molecule has 0 radical (unpaired) electrons. The van der Waals surface area contributed by atoms with E-state index in [9.17, 15) is 14.4 Å². The number of esters is 3. The van der Waals surface area contributed by atoms with E-state index in [4.69, 9.17) is 14.2 Å². The zero-order valence-corrected chi connectivity index (χ0v) is 35.6. The Labute approximate surface area is 329 Å². The second-order valence-electron chi connectivity index (χ2n) is 15.7. The molecule has 312 valence electrons. The molecule has 1 atom stereocenters. The monoisotopic (exact) mass is 749 g/mol. The maximum atomic E-state index is 12.7. The van der Waals surface area contributed by atoms with Crippen molar-refractivity contribution in [1.29, 1.82) is 0 Å². The Balaban J connectivity index is 4.22. The summed E-state index contributed by atoms with van der Waals surface area (Å²) in [6.45, 7) is 6.57. The molecule has 0 fully saturated rings. The maximum Gasteiger partial charge on any atom is 0.306 e. The van der Waals surface area contributed by atoms with Crippen LogP contribution in [0, 0.1) is 0 Å². The fraction of sp³-hybridized carbons (Fsp3) is 0.894. The summed E-state index contributed by atoms with van der Waals surface area (Å²) in [6, 6.07) is 0. The van der Waals surface area contributed by atoms with E-state index < -0.39 is 6.10 Å². The molecule has 0 heterocycles. The number of carbonyl (C=O) groups excluding carboxylic acids is 3. The molecule has 6 nitrogen and oxygen atoms in total. The van der Waals surface area contributed by atoms with Crippen LogP contribution in [-0.4, -0.2) is 37.2 Å². The van der Waals surface area contributed by atoms with Crippen LogP contribution >= 0.6 is 0 Å². The molecule has 0 rings (SSSR count). The summed E-state index contributed by atoms with van der Waals surface area (Å²) >= 11 is 0. The summed E-state index contributed by atoms with van der Waals surface area (Å²) in [4.78, 5) is 37.5. The smallest absolute Gasteiger partial charge is 0.306 e. The molecule has 53 heavy (non-hydrogen) atoms. The molecule has 0 aliphatic rings. The quantitative estimate of drug-likeness (QED) is 0.0268. The van der Waals surface area contributed by atoms with Gasteiger partial charge >= 0.3 is 17.9 Å². The van der Waals surface area contributed by atoms with Gasteiger partial charge in [0.2, 0.25) is 0 Å². The summed E-state index contributed by atoms with van der Waals surface area (Å²) in [6.07, 6.45) is 45.0. The first-order valence-corrected chi connectivity index (χ1v) is 23.2. The Kier molecular flexibility index (Phi) is 41.4. The number of hydrogen-bond donors (Lipinski definition) is 0. The van der Waals surface area contributed by atoms with Gasteiger partial charge in [0.15, 0.2) is 6.10 Å². The second-order valence-corrected chi connectivity index (χ2v) is 15.7. The highest BCUT2D eigenvalue weighted by Gasteiger charge is 2.19. The molecule has 0 aromatic rings. The first-order chi connectivity index (χ1) is 26.0. The lowest BCUT2D eigenvalue weighted by molar-refractivity contribution is -0.167. The fourth-order valence-electron chi connectivity index (χ4n) is 6.73. The number of ether oxygens (including phenoxy) is 3. The minimum atomic E-state index is -0.764. The van der Waals surface area contributed by atoms with E-state index in [1.807, 2.05) is 0 Å². The number of allylic oxidation sites excluding steroid dienone is 2. The lowest BCUT2D eigenvalue weighted by Crippen LogP contribution is -2.30. The molecule has 6 heteroatoms. The van der Waals surface area contributed by atoms with Crippen molar-refractivity contribution in [1.82, 2.24) is 0 Å². The molecule has 0 N–H and O–H groups in total. The van der Waals surface area contributed by atoms with E-state index in [-0.39, 0.29) is 31.1 Å². The van der Waals surface area contributed by atoms with E-state index in [0.29, 0.717) is 19.3 Å². The fourth-order valence-corrected chi connectivity index (χ4v) is 6.73. The lowest BCUT2D eigenvalue weighted by Gasteiger charge is -2.18. The summed E-state index contributed by atoms with van der Waals surface area (Å²) in [7, 11) is 0. The van der Waals surface area contributed by atoms with Gasteiger partial charge in [-0.15, -0.1) is 0 Å². The van der Waals surface area contributed by atoms with Crippen molar-refractivity contribution in [3.8, 4) is 0 Å². The molecule has 0 amide bonds. The summed E-state index contributed by atoms with van der Waals surface area (Å²) in [5.41, 5.74) is 0. The number of carbonyl (C=O) groups is 3. The standard InChI is InChI=1S/C47H88O6/c1-4-7-10-13-16-18-20-22-23-24-26-27-29-31-34-37-40-46(49)52-43-44(42-51-45(48)39-36-33-15-12-9-6-3)53-47(50)41-38-35-32-30-28-25-21-19-17-14-11-8-5-2/h19,21,44H,4-18,20,22-43H2,1-3H3/b21-19-. The lowest BCUT2D eigenvalue weighted by atomic mass is 10.0. The van der Waals surface area contributed by atoms with Crippen LogP contribution in [0.15, 0.2) is 12.2 Å². The van der Waals surface area contributed by atoms with Crippen molar-refractivity contribution in [2.75, 3.05) is 13.2 Å². The average molecular weight is 749 g/mol. The van der Waals surface area contributed by atoms with Crippen molar-refractivity contribution >= 4 is 17.9 Å². The largest absolute Gasteiger partial charge is 0.462 e. The average Bonchev–Trinajstić information content (AvgIpc) is 3.15. The van der Waals surface area contributed by atoms with Crippen LogP contribution in [0.25, 0.3) is 0 Å². The van der Waals surface area contributed by atoms with Gasteiger partial charge in [-0.05, 0) is 44.9 Å². The van der Waals surface area contributed by atoms with Gasteiger partial charge in [-0.25, -0.2) is 0 Å². The van der Waals surface area contributed by atoms with Gasteiger partial charge < -0.3 is 14.2 Å². The van der Waals surface area contributed by atoms with E-state index >= 15 is 0 Å². The number of unbranched alkanes of at least 4 members (excludes halogenated alkanes) is 29. The van der Waals surface area contributed by atoms with E-state index in [0.717, 1.165) is 64.2 Å². The summed E-state index contributed by atoms with van der Waals surface area (Å²) in [5.74, 6) is -0.879. The first-order valence-electron chi connectivity index (χ1n) is 23.2. The first kappa shape index (κ1) is 51.1. The van der Waals surface area contributed by atoms with E-state index in [2.05, 4.69) is 32.9 Å². The second kappa shape index (κ2) is 42.9. The molecular weight excluding hydrogens is 661 g/mol. The predicted molar refractivity (Wildman–Crippen MR) is 224 cm³/mol. The molecule has 0 aromatic heterocycles. The molecule has 0 aliphatic carbocycles. The third kappa shape index (κ3) is 41.2. The highest BCUT2D eigenvalue weighted by molar-refractivity contribution is 5.71. The van der Waals surface area contributed by atoms with Gasteiger partial charge in [-0.2, -0.15) is 0 Å². The molecule has 0 spiro atoms. The molecule has 0 saturated heterocycles. The van der Waals surface area contributed by atoms with Crippen LogP contribution in [0.3, 0.4) is 0 Å². The van der Waals surface area contributed by atoms with Crippen LogP contribution in [0.4, 0.5) is 0 Å². The Hall–Kier alpha value is -1.85. The minimum absolute atomic E-state index is 0.0696. The van der Waals surface area contributed by atoms with Crippen LogP contribution in [0.1, 0.15) is 252 Å². The van der Waals surface area contributed by atoms with Gasteiger partial charge in [0, 0.05) is 19.3 Å². The highest BCUT2D eigenvalue weighted by Crippen LogP contribution is 2.15. The predicted octanol–water partition coefficient (Wildman–Crippen LogP) is 14.6. The van der Waals surface area contributed by atoms with Crippen LogP contribution < -0.4 is 0 Å².